The molecule has 68 valence electrons. The highest BCUT2D eigenvalue weighted by molar-refractivity contribution is 4.50. The summed E-state index contributed by atoms with van der Waals surface area (Å²) < 4.78 is 0. The monoisotopic (exact) mass is 156 g/mol. The van der Waals surface area contributed by atoms with Gasteiger partial charge in [0.15, 0.2) is 0 Å². The molecule has 0 amide bonds. The molecule has 1 atom stereocenters. The Morgan fingerprint density at radius 1 is 0.909 bits per heavy atom. The van der Waals surface area contributed by atoms with Crippen molar-refractivity contribution in [3.05, 3.63) is 0 Å². The standard InChI is InChI=1S/C11H24/c1-4-6-7-8-9-10-11(3)5-2/h11H,4-10H2,1-3H3. The van der Waals surface area contributed by atoms with Crippen LogP contribution in [0.2, 0.25) is 0 Å². The van der Waals surface area contributed by atoms with Crippen LogP contribution in [-0.4, -0.2) is 0 Å². The molecule has 0 radical (unpaired) electrons. The second kappa shape index (κ2) is 8.10. The summed E-state index contributed by atoms with van der Waals surface area (Å²) in [4.78, 5) is 0. The summed E-state index contributed by atoms with van der Waals surface area (Å²) >= 11 is 0. The van der Waals surface area contributed by atoms with Crippen LogP contribution in [0, 0.1) is 5.92 Å². The Bertz CT molecular complexity index is 66.4. The summed E-state index contributed by atoms with van der Waals surface area (Å²) in [6, 6.07) is 0. The molecule has 0 aromatic rings. The Morgan fingerprint density at radius 3 is 2.09 bits per heavy atom. The molecule has 11 heavy (non-hydrogen) atoms. The van der Waals surface area contributed by atoms with Crippen LogP contribution in [0.3, 0.4) is 0 Å². The fourth-order valence-corrected chi connectivity index (χ4v) is 1.30. The van der Waals surface area contributed by atoms with E-state index in [4.69, 9.17) is 0 Å². The zero-order chi connectivity index (χ0) is 8.53. The van der Waals surface area contributed by atoms with Crippen molar-refractivity contribution >= 4 is 0 Å². The second-order valence-electron chi connectivity index (χ2n) is 3.72. The lowest BCUT2D eigenvalue weighted by Crippen LogP contribution is -1.91. The van der Waals surface area contributed by atoms with Crippen LogP contribution in [0.4, 0.5) is 0 Å². The Labute approximate surface area is 72.4 Å². The molecule has 0 saturated heterocycles. The lowest BCUT2D eigenvalue weighted by molar-refractivity contribution is 0.474. The minimum Gasteiger partial charge on any atom is -0.0654 e. The number of rotatable bonds is 7. The van der Waals surface area contributed by atoms with Crippen molar-refractivity contribution in [2.24, 2.45) is 5.92 Å². The molecule has 0 heteroatoms. The van der Waals surface area contributed by atoms with Gasteiger partial charge in [-0.3, -0.25) is 0 Å². The van der Waals surface area contributed by atoms with Crippen LogP contribution >= 0.6 is 0 Å². The number of unbranched alkanes of at least 4 members (excludes halogenated alkanes) is 4. The van der Waals surface area contributed by atoms with Gasteiger partial charge in [-0.2, -0.15) is 0 Å². The summed E-state index contributed by atoms with van der Waals surface area (Å²) in [5.41, 5.74) is 0. The van der Waals surface area contributed by atoms with Crippen molar-refractivity contribution in [3.63, 3.8) is 0 Å². The molecule has 0 aliphatic rings. The average Bonchev–Trinajstić information content (AvgIpc) is 2.04. The van der Waals surface area contributed by atoms with Gasteiger partial charge in [-0.1, -0.05) is 65.7 Å². The van der Waals surface area contributed by atoms with E-state index in [1.165, 1.54) is 44.9 Å². The van der Waals surface area contributed by atoms with E-state index in [-0.39, 0.29) is 0 Å². The van der Waals surface area contributed by atoms with Crippen LogP contribution in [0.5, 0.6) is 0 Å². The topological polar surface area (TPSA) is 0 Å². The summed E-state index contributed by atoms with van der Waals surface area (Å²) in [6.07, 6.45) is 9.96. The van der Waals surface area contributed by atoms with Gasteiger partial charge in [0.25, 0.3) is 0 Å². The smallest absolute Gasteiger partial charge is 0.0445 e. The lowest BCUT2D eigenvalue weighted by atomic mass is 10.0. The van der Waals surface area contributed by atoms with Gasteiger partial charge in [0, 0.05) is 0 Å². The highest BCUT2D eigenvalue weighted by Gasteiger charge is 1.97. The maximum Gasteiger partial charge on any atom is -0.0445 e. The molecule has 0 spiro atoms. The van der Waals surface area contributed by atoms with Gasteiger partial charge in [0.1, 0.15) is 0 Å². The first-order valence-corrected chi connectivity index (χ1v) is 5.31. The van der Waals surface area contributed by atoms with E-state index in [9.17, 15) is 0 Å². The summed E-state index contributed by atoms with van der Waals surface area (Å²) in [7, 11) is 0. The van der Waals surface area contributed by atoms with Gasteiger partial charge < -0.3 is 0 Å². The second-order valence-corrected chi connectivity index (χ2v) is 3.72. The van der Waals surface area contributed by atoms with Crippen molar-refractivity contribution in [2.45, 2.75) is 65.7 Å². The molecule has 0 aromatic carbocycles. The van der Waals surface area contributed by atoms with Gasteiger partial charge in [-0.05, 0) is 5.92 Å². The van der Waals surface area contributed by atoms with Crippen LogP contribution in [0.25, 0.3) is 0 Å². The van der Waals surface area contributed by atoms with Gasteiger partial charge >= 0.3 is 0 Å². The molecule has 0 aromatic heterocycles. The molecule has 0 fully saturated rings. The van der Waals surface area contributed by atoms with Crippen LogP contribution in [0.1, 0.15) is 65.7 Å². The van der Waals surface area contributed by atoms with E-state index in [0.29, 0.717) is 0 Å². The third-order valence-corrected chi connectivity index (χ3v) is 2.50. The minimum atomic E-state index is 0.955. The van der Waals surface area contributed by atoms with E-state index in [1.54, 1.807) is 0 Å². The Morgan fingerprint density at radius 2 is 1.55 bits per heavy atom. The molecule has 0 N–H and O–H groups in total. The summed E-state index contributed by atoms with van der Waals surface area (Å²) in [6.45, 7) is 6.92. The number of hydrogen-bond donors (Lipinski definition) is 0. The fourth-order valence-electron chi connectivity index (χ4n) is 1.30. The van der Waals surface area contributed by atoms with E-state index in [2.05, 4.69) is 20.8 Å². The van der Waals surface area contributed by atoms with Gasteiger partial charge in [0.05, 0.1) is 0 Å². The molecule has 0 aliphatic carbocycles. The van der Waals surface area contributed by atoms with E-state index < -0.39 is 0 Å². The fraction of sp³-hybridized carbons (Fsp3) is 1.00. The van der Waals surface area contributed by atoms with Crippen molar-refractivity contribution in [1.29, 1.82) is 0 Å². The Balaban J connectivity index is 2.89. The van der Waals surface area contributed by atoms with E-state index >= 15 is 0 Å². The third-order valence-electron chi connectivity index (χ3n) is 2.50. The molecular formula is C11H24. The van der Waals surface area contributed by atoms with Crippen molar-refractivity contribution in [1.82, 2.24) is 0 Å². The van der Waals surface area contributed by atoms with E-state index in [0.717, 1.165) is 5.92 Å². The zero-order valence-electron chi connectivity index (χ0n) is 8.53. The van der Waals surface area contributed by atoms with Crippen LogP contribution < -0.4 is 0 Å². The predicted octanol–water partition coefficient (Wildman–Crippen LogP) is 4.39. The molecule has 0 saturated carbocycles. The molecular weight excluding hydrogens is 132 g/mol. The summed E-state index contributed by atoms with van der Waals surface area (Å²) in [5, 5.41) is 0. The van der Waals surface area contributed by atoms with Gasteiger partial charge in [0.2, 0.25) is 0 Å². The summed E-state index contributed by atoms with van der Waals surface area (Å²) in [5.74, 6) is 0.955. The lowest BCUT2D eigenvalue weighted by Gasteiger charge is -2.06. The molecule has 0 rings (SSSR count). The first kappa shape index (κ1) is 11.0. The molecule has 0 nitrogen and oxygen atoms in total. The predicted molar refractivity (Wildman–Crippen MR) is 52.8 cm³/mol. The first-order chi connectivity index (χ1) is 5.31. The molecule has 0 aliphatic heterocycles. The third kappa shape index (κ3) is 7.90. The highest BCUT2D eigenvalue weighted by Crippen LogP contribution is 2.13. The minimum absolute atomic E-state index is 0.955. The van der Waals surface area contributed by atoms with Crippen molar-refractivity contribution in [3.8, 4) is 0 Å². The average molecular weight is 156 g/mol. The zero-order valence-corrected chi connectivity index (χ0v) is 8.53. The highest BCUT2D eigenvalue weighted by atomic mass is 14.0. The quantitative estimate of drug-likeness (QED) is 0.479. The largest absolute Gasteiger partial charge is 0.0654 e. The van der Waals surface area contributed by atoms with Crippen LogP contribution in [0.15, 0.2) is 0 Å². The van der Waals surface area contributed by atoms with Crippen molar-refractivity contribution in [2.75, 3.05) is 0 Å². The normalized spacial score (nSPS) is 13.4. The Hall–Kier alpha value is 0. The molecule has 0 heterocycles. The number of hydrogen-bond acceptors (Lipinski definition) is 0. The molecule has 0 bridgehead atoms. The first-order valence-electron chi connectivity index (χ1n) is 5.31. The van der Waals surface area contributed by atoms with Crippen molar-refractivity contribution < 1.29 is 0 Å². The van der Waals surface area contributed by atoms with Gasteiger partial charge in [-0.15, -0.1) is 0 Å². The molecule has 1 unspecified atom stereocenters. The van der Waals surface area contributed by atoms with Gasteiger partial charge in [-0.25, -0.2) is 0 Å². The Kier molecular flexibility index (Phi) is 8.10. The van der Waals surface area contributed by atoms with Crippen LogP contribution in [-0.2, 0) is 0 Å². The maximum absolute atomic E-state index is 2.36. The SMILES string of the molecule is CCCCCCCC(C)CC. The van der Waals surface area contributed by atoms with E-state index in [1.807, 2.05) is 0 Å². The maximum atomic E-state index is 2.36.